The van der Waals surface area contributed by atoms with Crippen LogP contribution in [0.25, 0.3) is 0 Å². The van der Waals surface area contributed by atoms with Crippen LogP contribution in [-0.2, 0) is 0 Å². The molecular formula is C10H21Cl. The van der Waals surface area contributed by atoms with Crippen LogP contribution in [0.3, 0.4) is 0 Å². The molecule has 0 aliphatic carbocycles. The minimum Gasteiger partial charge on any atom is -0.126 e. The number of hydrogen-bond donors (Lipinski definition) is 0. The molecule has 0 nitrogen and oxygen atoms in total. The van der Waals surface area contributed by atoms with Crippen molar-refractivity contribution in [2.24, 2.45) is 17.3 Å². The van der Waals surface area contributed by atoms with Gasteiger partial charge in [-0.05, 0) is 17.3 Å². The molecule has 0 aromatic heterocycles. The molecule has 0 aliphatic rings. The number of halogens is 1. The summed E-state index contributed by atoms with van der Waals surface area (Å²) in [5.74, 6) is 2.26. The summed E-state index contributed by atoms with van der Waals surface area (Å²) in [6.07, 6.45) is 1.23. The summed E-state index contributed by atoms with van der Waals surface area (Å²) < 4.78 is 0. The number of alkyl halides is 1. The smallest absolute Gasteiger partial charge is 0.0277 e. The van der Waals surface area contributed by atoms with Crippen LogP contribution in [-0.4, -0.2) is 5.88 Å². The molecule has 0 saturated carbocycles. The summed E-state index contributed by atoms with van der Waals surface area (Å²) in [4.78, 5) is 0. The highest BCUT2D eigenvalue weighted by Gasteiger charge is 2.29. The van der Waals surface area contributed by atoms with E-state index >= 15 is 0 Å². The fourth-order valence-electron chi connectivity index (χ4n) is 2.03. The molecule has 1 unspecified atom stereocenters. The fourth-order valence-corrected chi connectivity index (χ4v) is 2.22. The molecule has 0 rings (SSSR count). The van der Waals surface area contributed by atoms with E-state index in [0.29, 0.717) is 5.41 Å². The van der Waals surface area contributed by atoms with Gasteiger partial charge in [-0.1, -0.05) is 41.0 Å². The molecule has 1 atom stereocenters. The van der Waals surface area contributed by atoms with E-state index < -0.39 is 0 Å². The first-order valence-electron chi connectivity index (χ1n) is 4.51. The van der Waals surface area contributed by atoms with Gasteiger partial charge < -0.3 is 0 Å². The Kier molecular flexibility index (Phi) is 4.46. The minimum atomic E-state index is 0.296. The fraction of sp³-hybridized carbons (Fsp3) is 1.00. The van der Waals surface area contributed by atoms with Gasteiger partial charge in [0.25, 0.3) is 0 Å². The van der Waals surface area contributed by atoms with Crippen LogP contribution in [0.1, 0.15) is 41.0 Å². The van der Waals surface area contributed by atoms with E-state index in [0.717, 1.165) is 17.7 Å². The molecule has 0 N–H and O–H groups in total. The normalized spacial score (nSPS) is 15.5. The largest absolute Gasteiger partial charge is 0.126 e. The molecule has 0 aliphatic heterocycles. The third kappa shape index (κ3) is 3.02. The first-order valence-corrected chi connectivity index (χ1v) is 5.05. The highest BCUT2D eigenvalue weighted by molar-refractivity contribution is 6.18. The van der Waals surface area contributed by atoms with Gasteiger partial charge in [-0.15, -0.1) is 11.6 Å². The summed E-state index contributed by atoms with van der Waals surface area (Å²) in [5.41, 5.74) is 0.296. The monoisotopic (exact) mass is 176 g/mol. The molecule has 0 amide bonds. The third-order valence-corrected chi connectivity index (χ3v) is 3.28. The molecular weight excluding hydrogens is 156 g/mol. The Balaban J connectivity index is 4.23. The zero-order valence-corrected chi connectivity index (χ0v) is 9.20. The van der Waals surface area contributed by atoms with E-state index in [2.05, 4.69) is 34.6 Å². The van der Waals surface area contributed by atoms with Crippen LogP contribution in [0, 0.1) is 17.3 Å². The number of rotatable bonds is 4. The van der Waals surface area contributed by atoms with Crippen molar-refractivity contribution < 1.29 is 0 Å². The van der Waals surface area contributed by atoms with E-state index in [-0.39, 0.29) is 0 Å². The average Bonchev–Trinajstić information content (AvgIpc) is 1.88. The van der Waals surface area contributed by atoms with Gasteiger partial charge in [0, 0.05) is 5.88 Å². The van der Waals surface area contributed by atoms with Crippen molar-refractivity contribution in [2.75, 3.05) is 5.88 Å². The molecule has 0 spiro atoms. The lowest BCUT2D eigenvalue weighted by molar-refractivity contribution is 0.176. The molecule has 0 fully saturated rings. The standard InChI is InChI=1S/C10H21Cl/c1-6-9(8(2)3)10(4,5)7-11/h8-9H,6-7H2,1-5H3. The van der Waals surface area contributed by atoms with Crippen LogP contribution in [0.5, 0.6) is 0 Å². The minimum absolute atomic E-state index is 0.296. The Morgan fingerprint density at radius 1 is 1.27 bits per heavy atom. The quantitative estimate of drug-likeness (QED) is 0.570. The predicted molar refractivity (Wildman–Crippen MR) is 53.1 cm³/mol. The molecule has 11 heavy (non-hydrogen) atoms. The zero-order chi connectivity index (χ0) is 9.07. The highest BCUT2D eigenvalue weighted by Crippen LogP contribution is 2.35. The van der Waals surface area contributed by atoms with E-state index in [1.54, 1.807) is 0 Å². The van der Waals surface area contributed by atoms with Crippen LogP contribution in [0.2, 0.25) is 0 Å². The van der Waals surface area contributed by atoms with Gasteiger partial charge >= 0.3 is 0 Å². The van der Waals surface area contributed by atoms with Crippen LogP contribution >= 0.6 is 11.6 Å². The first-order chi connectivity index (χ1) is 4.95. The maximum atomic E-state index is 5.91. The van der Waals surface area contributed by atoms with Crippen molar-refractivity contribution in [2.45, 2.75) is 41.0 Å². The van der Waals surface area contributed by atoms with Crippen molar-refractivity contribution >= 4 is 11.6 Å². The van der Waals surface area contributed by atoms with E-state index in [4.69, 9.17) is 11.6 Å². The Morgan fingerprint density at radius 3 is 1.82 bits per heavy atom. The van der Waals surface area contributed by atoms with Gasteiger partial charge in [0.05, 0.1) is 0 Å². The van der Waals surface area contributed by atoms with Crippen molar-refractivity contribution in [1.29, 1.82) is 0 Å². The topological polar surface area (TPSA) is 0 Å². The van der Waals surface area contributed by atoms with Crippen LogP contribution < -0.4 is 0 Å². The van der Waals surface area contributed by atoms with Gasteiger partial charge in [0.2, 0.25) is 0 Å². The Bertz CT molecular complexity index is 105. The predicted octanol–water partition coefficient (Wildman–Crippen LogP) is 3.93. The molecule has 0 bridgehead atoms. The maximum Gasteiger partial charge on any atom is 0.0277 e. The van der Waals surface area contributed by atoms with Crippen molar-refractivity contribution in [1.82, 2.24) is 0 Å². The van der Waals surface area contributed by atoms with Gasteiger partial charge in [0.1, 0.15) is 0 Å². The maximum absolute atomic E-state index is 5.91. The Labute approximate surface area is 76.3 Å². The van der Waals surface area contributed by atoms with E-state index in [9.17, 15) is 0 Å². The summed E-state index contributed by atoms with van der Waals surface area (Å²) in [5, 5.41) is 0. The molecule has 0 saturated heterocycles. The SMILES string of the molecule is CCC(C(C)C)C(C)(C)CCl. The Hall–Kier alpha value is 0.290. The van der Waals surface area contributed by atoms with Crippen molar-refractivity contribution in [3.8, 4) is 0 Å². The molecule has 0 radical (unpaired) electrons. The zero-order valence-electron chi connectivity index (χ0n) is 8.45. The lowest BCUT2D eigenvalue weighted by Gasteiger charge is -2.34. The second-order valence-electron chi connectivity index (χ2n) is 4.38. The summed E-state index contributed by atoms with van der Waals surface area (Å²) >= 11 is 5.91. The molecule has 0 aromatic rings. The molecule has 1 heteroatoms. The van der Waals surface area contributed by atoms with E-state index in [1.165, 1.54) is 6.42 Å². The summed E-state index contributed by atoms with van der Waals surface area (Å²) in [7, 11) is 0. The average molecular weight is 177 g/mol. The molecule has 68 valence electrons. The van der Waals surface area contributed by atoms with Crippen LogP contribution in [0.4, 0.5) is 0 Å². The highest BCUT2D eigenvalue weighted by atomic mass is 35.5. The summed E-state index contributed by atoms with van der Waals surface area (Å²) in [6.45, 7) is 11.3. The van der Waals surface area contributed by atoms with Gasteiger partial charge in [-0.25, -0.2) is 0 Å². The lowest BCUT2D eigenvalue weighted by atomic mass is 9.73. The van der Waals surface area contributed by atoms with Gasteiger partial charge in [-0.2, -0.15) is 0 Å². The van der Waals surface area contributed by atoms with Gasteiger partial charge in [0.15, 0.2) is 0 Å². The van der Waals surface area contributed by atoms with Crippen LogP contribution in [0.15, 0.2) is 0 Å². The second kappa shape index (κ2) is 4.35. The van der Waals surface area contributed by atoms with Gasteiger partial charge in [-0.3, -0.25) is 0 Å². The second-order valence-corrected chi connectivity index (χ2v) is 4.65. The molecule has 0 aromatic carbocycles. The summed E-state index contributed by atoms with van der Waals surface area (Å²) in [6, 6.07) is 0. The van der Waals surface area contributed by atoms with E-state index in [1.807, 2.05) is 0 Å². The van der Waals surface area contributed by atoms with Crippen molar-refractivity contribution in [3.05, 3.63) is 0 Å². The first kappa shape index (κ1) is 11.3. The molecule has 0 heterocycles. The lowest BCUT2D eigenvalue weighted by Crippen LogP contribution is -2.29. The number of hydrogen-bond acceptors (Lipinski definition) is 0. The third-order valence-electron chi connectivity index (χ3n) is 2.59. The van der Waals surface area contributed by atoms with Crippen molar-refractivity contribution in [3.63, 3.8) is 0 Å². The Morgan fingerprint density at radius 2 is 1.73 bits per heavy atom.